The number of benzene rings is 1. The Morgan fingerprint density at radius 2 is 1.76 bits per heavy atom. The number of furan rings is 1. The minimum atomic E-state index is -0.624. The Morgan fingerprint density at radius 3 is 2.29 bits per heavy atom. The van der Waals surface area contributed by atoms with Crippen LogP contribution in [0.15, 0.2) is 40.8 Å². The fourth-order valence-electron chi connectivity index (χ4n) is 1.22. The molecule has 17 heavy (non-hydrogen) atoms. The summed E-state index contributed by atoms with van der Waals surface area (Å²) in [4.78, 5) is 9.77. The second kappa shape index (κ2) is 4.56. The molecular formula is C11H9NO5. The molecule has 0 bridgehead atoms. The lowest BCUT2D eigenvalue weighted by atomic mass is 10.3. The highest BCUT2D eigenvalue weighted by atomic mass is 16.7. The van der Waals surface area contributed by atoms with Gasteiger partial charge in [0, 0.05) is 6.07 Å². The van der Waals surface area contributed by atoms with Crippen LogP contribution < -0.4 is 9.47 Å². The van der Waals surface area contributed by atoms with Gasteiger partial charge in [-0.15, -0.1) is 0 Å². The third-order valence-electron chi connectivity index (χ3n) is 2.02. The van der Waals surface area contributed by atoms with Crippen molar-refractivity contribution in [2.24, 2.45) is 0 Å². The average Bonchev–Trinajstić information content (AvgIpc) is 2.79. The van der Waals surface area contributed by atoms with Crippen molar-refractivity contribution >= 4 is 5.88 Å². The van der Waals surface area contributed by atoms with Crippen LogP contribution in [-0.4, -0.2) is 12.0 Å². The van der Waals surface area contributed by atoms with Gasteiger partial charge in [0.2, 0.25) is 0 Å². The van der Waals surface area contributed by atoms with Crippen molar-refractivity contribution in [2.45, 2.75) is 0 Å². The molecule has 0 aliphatic heterocycles. The molecule has 0 aliphatic carbocycles. The van der Waals surface area contributed by atoms with E-state index in [4.69, 9.17) is 13.9 Å². The Kier molecular flexibility index (Phi) is 2.95. The minimum Gasteiger partial charge on any atom is -0.497 e. The summed E-state index contributed by atoms with van der Waals surface area (Å²) in [5.74, 6) is 0.924. The third-order valence-corrected chi connectivity index (χ3v) is 2.02. The monoisotopic (exact) mass is 235 g/mol. The molecule has 0 atom stereocenters. The van der Waals surface area contributed by atoms with Gasteiger partial charge in [-0.2, -0.15) is 0 Å². The van der Waals surface area contributed by atoms with E-state index in [2.05, 4.69) is 0 Å². The lowest BCUT2D eigenvalue weighted by Crippen LogP contribution is -1.85. The topological polar surface area (TPSA) is 74.7 Å². The molecule has 2 aromatic rings. The van der Waals surface area contributed by atoms with Gasteiger partial charge in [-0.3, -0.25) is 10.1 Å². The van der Waals surface area contributed by atoms with Crippen molar-refractivity contribution in [3.05, 3.63) is 46.5 Å². The zero-order chi connectivity index (χ0) is 12.3. The predicted octanol–water partition coefficient (Wildman–Crippen LogP) is 2.99. The summed E-state index contributed by atoms with van der Waals surface area (Å²) in [7, 11) is 1.56. The number of hydrogen-bond acceptors (Lipinski definition) is 5. The fourth-order valence-corrected chi connectivity index (χ4v) is 1.22. The van der Waals surface area contributed by atoms with E-state index < -0.39 is 4.92 Å². The van der Waals surface area contributed by atoms with Gasteiger partial charge >= 0.3 is 5.88 Å². The number of nitrogens with zero attached hydrogens (tertiary/aromatic N) is 1. The maximum absolute atomic E-state index is 10.4. The van der Waals surface area contributed by atoms with E-state index in [0.717, 1.165) is 0 Å². The van der Waals surface area contributed by atoms with Crippen LogP contribution >= 0.6 is 0 Å². The fraction of sp³-hybridized carbons (Fsp3) is 0.0909. The van der Waals surface area contributed by atoms with E-state index in [1.807, 2.05) is 0 Å². The van der Waals surface area contributed by atoms with Gasteiger partial charge in [0.15, 0.2) is 0 Å². The van der Waals surface area contributed by atoms with Gasteiger partial charge in [-0.1, -0.05) is 0 Å². The number of methoxy groups -OCH3 is 1. The molecule has 1 aromatic carbocycles. The van der Waals surface area contributed by atoms with Crippen LogP contribution in [0.2, 0.25) is 0 Å². The molecule has 6 nitrogen and oxygen atoms in total. The number of nitro groups is 1. The van der Waals surface area contributed by atoms with Gasteiger partial charge < -0.3 is 13.9 Å². The first kappa shape index (κ1) is 11.0. The van der Waals surface area contributed by atoms with Crippen molar-refractivity contribution < 1.29 is 18.8 Å². The molecule has 88 valence electrons. The van der Waals surface area contributed by atoms with E-state index in [9.17, 15) is 10.1 Å². The number of rotatable bonds is 4. The zero-order valence-corrected chi connectivity index (χ0v) is 8.95. The summed E-state index contributed by atoms with van der Waals surface area (Å²) in [6.45, 7) is 0. The van der Waals surface area contributed by atoms with Crippen LogP contribution in [0.25, 0.3) is 0 Å². The lowest BCUT2D eigenvalue weighted by Gasteiger charge is -2.02. The standard InChI is InChI=1S/C11H9NO5/c1-15-8-2-4-9(5-3-8)16-11-7-6-10(17-11)12(13)14/h2-7H,1H3. The number of hydrogen-bond donors (Lipinski definition) is 0. The van der Waals surface area contributed by atoms with E-state index >= 15 is 0 Å². The summed E-state index contributed by atoms with van der Waals surface area (Å²) in [6.07, 6.45) is 0. The molecule has 0 N–H and O–H groups in total. The first-order valence-corrected chi connectivity index (χ1v) is 4.75. The molecule has 0 radical (unpaired) electrons. The van der Waals surface area contributed by atoms with E-state index in [1.165, 1.54) is 12.1 Å². The highest BCUT2D eigenvalue weighted by molar-refractivity contribution is 5.34. The molecule has 0 saturated carbocycles. The van der Waals surface area contributed by atoms with Crippen LogP contribution in [0.1, 0.15) is 0 Å². The van der Waals surface area contributed by atoms with Gasteiger partial charge in [0.1, 0.15) is 16.4 Å². The SMILES string of the molecule is COc1ccc(Oc2ccc([N+](=O)[O-])o2)cc1. The third kappa shape index (κ3) is 2.54. The molecule has 0 amide bonds. The molecule has 1 aromatic heterocycles. The highest BCUT2D eigenvalue weighted by Gasteiger charge is 2.12. The summed E-state index contributed by atoms with van der Waals surface area (Å²) >= 11 is 0. The van der Waals surface area contributed by atoms with Crippen molar-refractivity contribution in [2.75, 3.05) is 7.11 Å². The average molecular weight is 235 g/mol. The molecule has 0 saturated heterocycles. The maximum Gasteiger partial charge on any atom is 0.436 e. The van der Waals surface area contributed by atoms with Crippen LogP contribution in [0, 0.1) is 10.1 Å². The second-order valence-electron chi connectivity index (χ2n) is 3.13. The van der Waals surface area contributed by atoms with Crippen LogP contribution in [0.5, 0.6) is 17.4 Å². The van der Waals surface area contributed by atoms with E-state index in [0.29, 0.717) is 11.5 Å². The quantitative estimate of drug-likeness (QED) is 0.601. The van der Waals surface area contributed by atoms with E-state index in [-0.39, 0.29) is 11.8 Å². The van der Waals surface area contributed by atoms with Crippen molar-refractivity contribution in [1.29, 1.82) is 0 Å². The second-order valence-corrected chi connectivity index (χ2v) is 3.13. The molecule has 0 fully saturated rings. The molecule has 0 unspecified atom stereocenters. The Balaban J connectivity index is 2.11. The highest BCUT2D eigenvalue weighted by Crippen LogP contribution is 2.28. The molecule has 0 spiro atoms. The van der Waals surface area contributed by atoms with Crippen molar-refractivity contribution in [3.63, 3.8) is 0 Å². The molecule has 2 rings (SSSR count). The Morgan fingerprint density at radius 1 is 1.12 bits per heavy atom. The largest absolute Gasteiger partial charge is 0.497 e. The Hall–Kier alpha value is -2.50. The van der Waals surface area contributed by atoms with Gasteiger partial charge in [-0.05, 0) is 24.3 Å². The van der Waals surface area contributed by atoms with Gasteiger partial charge in [0.05, 0.1) is 13.2 Å². The number of ether oxygens (including phenoxy) is 2. The van der Waals surface area contributed by atoms with Crippen LogP contribution in [0.3, 0.4) is 0 Å². The first-order chi connectivity index (χ1) is 8.19. The molecule has 6 heteroatoms. The normalized spacial score (nSPS) is 9.94. The lowest BCUT2D eigenvalue weighted by molar-refractivity contribution is -0.402. The van der Waals surface area contributed by atoms with Crippen LogP contribution in [0.4, 0.5) is 5.88 Å². The van der Waals surface area contributed by atoms with Gasteiger partial charge in [-0.25, -0.2) is 0 Å². The molecular weight excluding hydrogens is 226 g/mol. The Labute approximate surface area is 96.5 Å². The van der Waals surface area contributed by atoms with Crippen LogP contribution in [-0.2, 0) is 0 Å². The summed E-state index contributed by atoms with van der Waals surface area (Å²) in [5, 5.41) is 10.4. The molecule has 0 aliphatic rings. The minimum absolute atomic E-state index is 0.0712. The summed E-state index contributed by atoms with van der Waals surface area (Å²) < 4.78 is 15.1. The molecule has 1 heterocycles. The smallest absolute Gasteiger partial charge is 0.436 e. The van der Waals surface area contributed by atoms with E-state index in [1.54, 1.807) is 31.4 Å². The van der Waals surface area contributed by atoms with Crippen molar-refractivity contribution in [1.82, 2.24) is 0 Å². The van der Waals surface area contributed by atoms with Crippen molar-refractivity contribution in [3.8, 4) is 17.4 Å². The predicted molar refractivity (Wildman–Crippen MR) is 58.4 cm³/mol. The van der Waals surface area contributed by atoms with Gasteiger partial charge in [0.25, 0.3) is 5.95 Å². The summed E-state index contributed by atoms with van der Waals surface area (Å²) in [6, 6.07) is 9.40. The first-order valence-electron chi connectivity index (χ1n) is 4.75. The maximum atomic E-state index is 10.4. The zero-order valence-electron chi connectivity index (χ0n) is 8.95. The summed E-state index contributed by atoms with van der Waals surface area (Å²) in [5.41, 5.74) is 0. The Bertz CT molecular complexity index is 517.